The van der Waals surface area contributed by atoms with E-state index in [0.717, 1.165) is 12.0 Å². The zero-order valence-corrected chi connectivity index (χ0v) is 15.7. The Kier molecular flexibility index (Phi) is 5.86. The van der Waals surface area contributed by atoms with Gasteiger partial charge >= 0.3 is 0 Å². The molecule has 1 aliphatic rings. The van der Waals surface area contributed by atoms with E-state index in [4.69, 9.17) is 16.3 Å². The van der Waals surface area contributed by atoms with Gasteiger partial charge in [0.25, 0.3) is 5.91 Å². The molecule has 7 heteroatoms. The number of methoxy groups -OCH3 is 1. The van der Waals surface area contributed by atoms with Gasteiger partial charge in [-0.1, -0.05) is 29.8 Å². The Morgan fingerprint density at radius 2 is 2.07 bits per heavy atom. The zero-order chi connectivity index (χ0) is 19.4. The maximum Gasteiger partial charge on any atom is 0.258 e. The molecule has 2 aromatic rings. The van der Waals surface area contributed by atoms with E-state index in [1.807, 2.05) is 6.07 Å². The van der Waals surface area contributed by atoms with E-state index in [1.165, 1.54) is 11.0 Å². The van der Waals surface area contributed by atoms with Gasteiger partial charge in [-0.3, -0.25) is 9.59 Å². The molecule has 6 nitrogen and oxygen atoms in total. The summed E-state index contributed by atoms with van der Waals surface area (Å²) in [4.78, 5) is 26.9. The van der Waals surface area contributed by atoms with E-state index < -0.39 is 6.04 Å². The first-order valence-electron chi connectivity index (χ1n) is 8.70. The van der Waals surface area contributed by atoms with Crippen molar-refractivity contribution >= 4 is 23.4 Å². The van der Waals surface area contributed by atoms with Crippen molar-refractivity contribution in [2.24, 2.45) is 0 Å². The predicted molar refractivity (Wildman–Crippen MR) is 102 cm³/mol. The van der Waals surface area contributed by atoms with Crippen molar-refractivity contribution < 1.29 is 19.4 Å². The summed E-state index contributed by atoms with van der Waals surface area (Å²) >= 11 is 6.11. The van der Waals surface area contributed by atoms with E-state index in [2.05, 4.69) is 5.32 Å². The third-order valence-electron chi connectivity index (χ3n) is 4.63. The van der Waals surface area contributed by atoms with Crippen LogP contribution < -0.4 is 10.1 Å². The highest BCUT2D eigenvalue weighted by Gasteiger charge is 2.35. The summed E-state index contributed by atoms with van der Waals surface area (Å²) in [6.07, 6.45) is 1.33. The highest BCUT2D eigenvalue weighted by molar-refractivity contribution is 6.32. The number of likely N-dealkylation sites (tertiary alicyclic amines) is 1. The molecule has 0 aromatic heterocycles. The lowest BCUT2D eigenvalue weighted by atomic mass is 10.1. The van der Waals surface area contributed by atoms with Crippen LogP contribution in [-0.2, 0) is 11.3 Å². The fourth-order valence-electron chi connectivity index (χ4n) is 3.22. The number of nitrogens with zero attached hydrogens (tertiary/aromatic N) is 1. The van der Waals surface area contributed by atoms with Crippen LogP contribution in [0.5, 0.6) is 11.5 Å². The topological polar surface area (TPSA) is 78.9 Å². The van der Waals surface area contributed by atoms with Gasteiger partial charge in [0.1, 0.15) is 17.5 Å². The first kappa shape index (κ1) is 19.0. The largest absolute Gasteiger partial charge is 0.507 e. The lowest BCUT2D eigenvalue weighted by Crippen LogP contribution is -2.45. The monoisotopic (exact) mass is 388 g/mol. The van der Waals surface area contributed by atoms with Crippen LogP contribution in [0.1, 0.15) is 28.8 Å². The Hall–Kier alpha value is -2.73. The van der Waals surface area contributed by atoms with Gasteiger partial charge in [0, 0.05) is 13.1 Å². The smallest absolute Gasteiger partial charge is 0.258 e. The van der Waals surface area contributed by atoms with Crippen LogP contribution in [0, 0.1) is 0 Å². The molecule has 1 unspecified atom stereocenters. The normalized spacial score (nSPS) is 16.2. The van der Waals surface area contributed by atoms with Crippen LogP contribution in [-0.4, -0.2) is 41.5 Å². The molecule has 1 fully saturated rings. The van der Waals surface area contributed by atoms with Crippen LogP contribution in [0.4, 0.5) is 0 Å². The molecule has 1 aliphatic heterocycles. The summed E-state index contributed by atoms with van der Waals surface area (Å²) in [7, 11) is 1.54. The van der Waals surface area contributed by atoms with Crippen LogP contribution >= 0.6 is 11.6 Å². The first-order chi connectivity index (χ1) is 13.0. The number of phenolic OH excluding ortho intramolecular Hbond substituents is 1. The van der Waals surface area contributed by atoms with Crippen molar-refractivity contribution in [1.29, 1.82) is 0 Å². The van der Waals surface area contributed by atoms with Crippen molar-refractivity contribution in [3.8, 4) is 11.5 Å². The molecule has 142 valence electrons. The molecule has 27 heavy (non-hydrogen) atoms. The van der Waals surface area contributed by atoms with Gasteiger partial charge in [0.2, 0.25) is 5.91 Å². The number of amides is 2. The molecule has 1 saturated heterocycles. The number of ether oxygens (including phenoxy) is 1. The fraction of sp³-hybridized carbons (Fsp3) is 0.300. The molecular weight excluding hydrogens is 368 g/mol. The van der Waals surface area contributed by atoms with Crippen LogP contribution in [0.15, 0.2) is 42.5 Å². The van der Waals surface area contributed by atoms with Crippen molar-refractivity contribution in [3.05, 3.63) is 58.6 Å². The second-order valence-corrected chi connectivity index (χ2v) is 6.77. The standard InChI is InChI=1S/C20H21ClN2O4/c1-27-18-9-8-13(11-15(18)21)12-22-19(25)16-6-4-10-23(16)20(26)14-5-2-3-7-17(14)24/h2-3,5,7-9,11,16,24H,4,6,10,12H2,1H3,(H,22,25). The molecule has 0 saturated carbocycles. The quantitative estimate of drug-likeness (QED) is 0.825. The minimum atomic E-state index is -0.550. The number of carbonyl (C=O) groups excluding carboxylic acids is 2. The molecule has 0 aliphatic carbocycles. The molecule has 2 aromatic carbocycles. The van der Waals surface area contributed by atoms with Gasteiger partial charge in [-0.25, -0.2) is 0 Å². The summed E-state index contributed by atoms with van der Waals surface area (Å²) in [5.74, 6) is -0.0649. The third-order valence-corrected chi connectivity index (χ3v) is 4.93. The van der Waals surface area contributed by atoms with Crippen molar-refractivity contribution in [1.82, 2.24) is 10.2 Å². The van der Waals surface area contributed by atoms with E-state index in [-0.39, 0.29) is 23.1 Å². The second-order valence-electron chi connectivity index (χ2n) is 6.36. The lowest BCUT2D eigenvalue weighted by molar-refractivity contribution is -0.125. The minimum Gasteiger partial charge on any atom is -0.507 e. The first-order valence-corrected chi connectivity index (χ1v) is 9.08. The van der Waals surface area contributed by atoms with Crippen molar-refractivity contribution in [2.75, 3.05) is 13.7 Å². The lowest BCUT2D eigenvalue weighted by Gasteiger charge is -2.24. The van der Waals surface area contributed by atoms with Crippen LogP contribution in [0.25, 0.3) is 0 Å². The van der Waals surface area contributed by atoms with Gasteiger partial charge in [0.15, 0.2) is 0 Å². The summed E-state index contributed by atoms with van der Waals surface area (Å²) < 4.78 is 5.12. The predicted octanol–water partition coefficient (Wildman–Crippen LogP) is 2.98. The van der Waals surface area contributed by atoms with Gasteiger partial charge < -0.3 is 20.1 Å². The molecule has 0 spiro atoms. The Morgan fingerprint density at radius 3 is 2.78 bits per heavy atom. The summed E-state index contributed by atoms with van der Waals surface area (Å²) in [6.45, 7) is 0.789. The second kappa shape index (κ2) is 8.31. The Labute approximate surface area is 162 Å². The number of hydrogen-bond donors (Lipinski definition) is 2. The highest BCUT2D eigenvalue weighted by atomic mass is 35.5. The fourth-order valence-corrected chi connectivity index (χ4v) is 3.50. The number of phenols is 1. The molecule has 1 atom stereocenters. The van der Waals surface area contributed by atoms with E-state index >= 15 is 0 Å². The number of hydrogen-bond acceptors (Lipinski definition) is 4. The molecule has 0 radical (unpaired) electrons. The molecule has 1 heterocycles. The van der Waals surface area contributed by atoms with E-state index in [0.29, 0.717) is 30.3 Å². The Morgan fingerprint density at radius 1 is 1.30 bits per heavy atom. The maximum atomic E-state index is 12.7. The summed E-state index contributed by atoms with van der Waals surface area (Å²) in [6, 6.07) is 11.1. The van der Waals surface area contributed by atoms with Gasteiger partial charge in [0.05, 0.1) is 17.7 Å². The SMILES string of the molecule is COc1ccc(CNC(=O)C2CCCN2C(=O)c2ccccc2O)cc1Cl. The average Bonchev–Trinajstić information content (AvgIpc) is 3.16. The number of nitrogens with one attached hydrogen (secondary N) is 1. The third kappa shape index (κ3) is 4.17. The van der Waals surface area contributed by atoms with Gasteiger partial charge in [-0.05, 0) is 42.7 Å². The number of halogens is 1. The molecule has 2 amide bonds. The van der Waals surface area contributed by atoms with E-state index in [1.54, 1.807) is 37.4 Å². The number of para-hydroxylation sites is 1. The minimum absolute atomic E-state index is 0.0820. The molecular formula is C20H21ClN2O4. The average molecular weight is 389 g/mol. The van der Waals surface area contributed by atoms with E-state index in [9.17, 15) is 14.7 Å². The zero-order valence-electron chi connectivity index (χ0n) is 14.9. The van der Waals surface area contributed by atoms with Gasteiger partial charge in [-0.2, -0.15) is 0 Å². The number of rotatable bonds is 5. The Bertz CT molecular complexity index is 856. The maximum absolute atomic E-state index is 12.7. The number of benzene rings is 2. The van der Waals surface area contributed by atoms with Crippen LogP contribution in [0.3, 0.4) is 0 Å². The molecule has 0 bridgehead atoms. The summed E-state index contributed by atoms with van der Waals surface area (Å²) in [5.41, 5.74) is 1.05. The number of aromatic hydroxyl groups is 1. The van der Waals surface area contributed by atoms with Gasteiger partial charge in [-0.15, -0.1) is 0 Å². The molecule has 2 N–H and O–H groups in total. The highest BCUT2D eigenvalue weighted by Crippen LogP contribution is 2.26. The molecule has 3 rings (SSSR count). The Balaban J connectivity index is 1.66. The van der Waals surface area contributed by atoms with Crippen molar-refractivity contribution in [3.63, 3.8) is 0 Å². The van der Waals surface area contributed by atoms with Crippen molar-refractivity contribution in [2.45, 2.75) is 25.4 Å². The number of carbonyl (C=O) groups is 2. The van der Waals surface area contributed by atoms with Crippen LogP contribution in [0.2, 0.25) is 5.02 Å². The summed E-state index contributed by atoms with van der Waals surface area (Å²) in [5, 5.41) is 13.3.